The minimum absolute atomic E-state index is 0.0311. The summed E-state index contributed by atoms with van der Waals surface area (Å²) in [5.41, 5.74) is 3.45. The van der Waals surface area contributed by atoms with Gasteiger partial charge in [-0.05, 0) is 85.8 Å². The summed E-state index contributed by atoms with van der Waals surface area (Å²) in [7, 11) is -4.19. The van der Waals surface area contributed by atoms with E-state index in [9.17, 15) is 22.4 Å². The molecule has 0 bridgehead atoms. The second kappa shape index (κ2) is 15.0. The largest absolute Gasteiger partial charge is 0.352 e. The Morgan fingerprint density at radius 1 is 0.822 bits per heavy atom. The molecule has 2 amide bonds. The van der Waals surface area contributed by atoms with E-state index in [2.05, 4.69) is 5.32 Å². The molecule has 4 aromatic carbocycles. The fourth-order valence-electron chi connectivity index (χ4n) is 5.12. The van der Waals surface area contributed by atoms with Gasteiger partial charge in [0.2, 0.25) is 11.8 Å². The Morgan fingerprint density at radius 3 is 1.98 bits per heavy atom. The molecule has 7 nitrogen and oxygen atoms in total. The number of hydrogen-bond acceptors (Lipinski definition) is 4. The van der Waals surface area contributed by atoms with Crippen molar-refractivity contribution in [3.63, 3.8) is 0 Å². The van der Waals surface area contributed by atoms with Crippen molar-refractivity contribution in [3.8, 4) is 0 Å². The first-order valence-corrected chi connectivity index (χ1v) is 16.5. The molecule has 1 N–H and O–H groups in total. The molecule has 0 saturated carbocycles. The number of amides is 2. The summed E-state index contributed by atoms with van der Waals surface area (Å²) in [4.78, 5) is 29.8. The van der Waals surface area contributed by atoms with Gasteiger partial charge in [0.15, 0.2) is 0 Å². The van der Waals surface area contributed by atoms with Gasteiger partial charge >= 0.3 is 0 Å². The second-order valence-corrected chi connectivity index (χ2v) is 13.2. The molecule has 0 heterocycles. The van der Waals surface area contributed by atoms with E-state index in [-0.39, 0.29) is 29.8 Å². The first kappa shape index (κ1) is 33.4. The van der Waals surface area contributed by atoms with Crippen LogP contribution in [0, 0.1) is 19.7 Å². The van der Waals surface area contributed by atoms with Gasteiger partial charge in [0.05, 0.1) is 10.6 Å². The number of halogens is 1. The minimum atomic E-state index is -4.19. The quantitative estimate of drug-likeness (QED) is 0.191. The van der Waals surface area contributed by atoms with Crippen LogP contribution in [0.5, 0.6) is 0 Å². The molecule has 2 unspecified atom stereocenters. The van der Waals surface area contributed by atoms with Crippen LogP contribution in [0.1, 0.15) is 42.5 Å². The molecule has 0 aliphatic rings. The Kier molecular flexibility index (Phi) is 11.1. The van der Waals surface area contributed by atoms with Gasteiger partial charge in [-0.1, -0.05) is 73.7 Å². The molecule has 4 rings (SSSR count). The Labute approximate surface area is 265 Å². The van der Waals surface area contributed by atoms with Gasteiger partial charge in [-0.25, -0.2) is 12.8 Å². The third-order valence-electron chi connectivity index (χ3n) is 7.64. The normalized spacial score (nSPS) is 12.6. The molecule has 0 aromatic heterocycles. The fraction of sp³-hybridized carbons (Fsp3) is 0.278. The highest BCUT2D eigenvalue weighted by Gasteiger charge is 2.35. The highest BCUT2D eigenvalue weighted by Crippen LogP contribution is 2.27. The van der Waals surface area contributed by atoms with Crippen LogP contribution in [-0.2, 0) is 32.6 Å². The third-order valence-corrected chi connectivity index (χ3v) is 9.43. The van der Waals surface area contributed by atoms with Crippen LogP contribution in [0.2, 0.25) is 0 Å². The first-order chi connectivity index (χ1) is 21.5. The van der Waals surface area contributed by atoms with E-state index in [0.29, 0.717) is 17.7 Å². The van der Waals surface area contributed by atoms with E-state index in [1.54, 1.807) is 42.5 Å². The van der Waals surface area contributed by atoms with Crippen LogP contribution in [-0.4, -0.2) is 43.8 Å². The number of sulfonamides is 1. The maximum atomic E-state index is 14.5. The number of nitrogens with one attached hydrogen (secondary N) is 1. The SMILES string of the molecule is CCC(C)NC(=O)C(Cc1ccccc1)N(Cc1ccc(F)cc1)C(=O)CN(c1cc(C)cc(C)c1)S(=O)(=O)c1ccccc1. The summed E-state index contributed by atoms with van der Waals surface area (Å²) in [6, 6.07) is 27.3. The van der Waals surface area contributed by atoms with Gasteiger partial charge in [0.25, 0.3) is 10.0 Å². The summed E-state index contributed by atoms with van der Waals surface area (Å²) in [6.45, 7) is 6.98. The van der Waals surface area contributed by atoms with Gasteiger partial charge < -0.3 is 10.2 Å². The number of carbonyl (C=O) groups is 2. The summed E-state index contributed by atoms with van der Waals surface area (Å²) < 4.78 is 43.2. The number of aryl methyl sites for hydroxylation is 2. The number of benzene rings is 4. The van der Waals surface area contributed by atoms with Crippen molar-refractivity contribution in [2.75, 3.05) is 10.8 Å². The van der Waals surface area contributed by atoms with Gasteiger partial charge in [0.1, 0.15) is 18.4 Å². The van der Waals surface area contributed by atoms with E-state index < -0.39 is 34.3 Å². The lowest BCUT2D eigenvalue weighted by Gasteiger charge is -2.34. The highest BCUT2D eigenvalue weighted by molar-refractivity contribution is 7.92. The molecule has 0 fully saturated rings. The number of anilines is 1. The topological polar surface area (TPSA) is 86.8 Å². The van der Waals surface area contributed by atoms with E-state index in [1.165, 1.54) is 29.2 Å². The van der Waals surface area contributed by atoms with Crippen molar-refractivity contribution in [1.29, 1.82) is 0 Å². The molecular formula is C36H40FN3O4S. The summed E-state index contributed by atoms with van der Waals surface area (Å²) in [6.07, 6.45) is 0.885. The molecule has 0 saturated heterocycles. The lowest BCUT2D eigenvalue weighted by molar-refractivity contribution is -0.140. The zero-order valence-electron chi connectivity index (χ0n) is 26.1. The molecule has 0 aliphatic heterocycles. The number of nitrogens with zero attached hydrogens (tertiary/aromatic N) is 2. The van der Waals surface area contributed by atoms with Crippen LogP contribution in [0.25, 0.3) is 0 Å². The van der Waals surface area contributed by atoms with Gasteiger partial charge in [-0.15, -0.1) is 0 Å². The maximum absolute atomic E-state index is 14.5. The van der Waals surface area contributed by atoms with Gasteiger partial charge in [-0.3, -0.25) is 13.9 Å². The Bertz CT molecular complexity index is 1680. The van der Waals surface area contributed by atoms with Crippen molar-refractivity contribution in [3.05, 3.63) is 131 Å². The predicted molar refractivity (Wildman–Crippen MR) is 176 cm³/mol. The summed E-state index contributed by atoms with van der Waals surface area (Å²) in [5.74, 6) is -1.35. The Hall–Kier alpha value is -4.50. The molecule has 236 valence electrons. The molecule has 4 aromatic rings. The maximum Gasteiger partial charge on any atom is 0.264 e. The second-order valence-electron chi connectivity index (χ2n) is 11.3. The molecule has 0 spiro atoms. The average molecular weight is 630 g/mol. The lowest BCUT2D eigenvalue weighted by Crippen LogP contribution is -2.54. The van der Waals surface area contributed by atoms with E-state index >= 15 is 0 Å². The zero-order chi connectivity index (χ0) is 32.6. The standard InChI is InChI=1S/C36H40FN3O4S/c1-5-28(4)38-36(42)34(23-29-12-8-6-9-13-29)39(24-30-16-18-31(37)19-17-30)35(41)25-40(32-21-26(2)20-27(3)22-32)45(43,44)33-14-10-7-11-15-33/h6-22,28,34H,5,23-25H2,1-4H3,(H,38,42). The minimum Gasteiger partial charge on any atom is -0.352 e. The van der Waals surface area contributed by atoms with E-state index in [0.717, 1.165) is 21.0 Å². The molecular weight excluding hydrogens is 589 g/mol. The lowest BCUT2D eigenvalue weighted by atomic mass is 10.0. The zero-order valence-corrected chi connectivity index (χ0v) is 26.9. The molecule has 2 atom stereocenters. The highest BCUT2D eigenvalue weighted by atomic mass is 32.2. The number of rotatable bonds is 13. The smallest absolute Gasteiger partial charge is 0.264 e. The summed E-state index contributed by atoms with van der Waals surface area (Å²) >= 11 is 0. The Balaban J connectivity index is 1.82. The molecule has 0 aliphatic carbocycles. The average Bonchev–Trinajstić information content (AvgIpc) is 3.02. The van der Waals surface area contributed by atoms with Crippen LogP contribution < -0.4 is 9.62 Å². The van der Waals surface area contributed by atoms with Crippen molar-refractivity contribution in [2.45, 2.75) is 64.1 Å². The van der Waals surface area contributed by atoms with Crippen LogP contribution in [0.4, 0.5) is 10.1 Å². The molecule has 9 heteroatoms. The van der Waals surface area contributed by atoms with Crippen LogP contribution in [0.3, 0.4) is 0 Å². The monoisotopic (exact) mass is 629 g/mol. The van der Waals surface area contributed by atoms with E-state index in [4.69, 9.17) is 0 Å². The van der Waals surface area contributed by atoms with Crippen molar-refractivity contribution < 1.29 is 22.4 Å². The number of hydrogen-bond donors (Lipinski definition) is 1. The van der Waals surface area contributed by atoms with E-state index in [1.807, 2.05) is 64.1 Å². The van der Waals surface area contributed by atoms with Crippen molar-refractivity contribution >= 4 is 27.5 Å². The first-order valence-electron chi connectivity index (χ1n) is 15.0. The Morgan fingerprint density at radius 2 is 1.40 bits per heavy atom. The number of carbonyl (C=O) groups excluding carboxylic acids is 2. The molecule has 0 radical (unpaired) electrons. The van der Waals surface area contributed by atoms with Crippen molar-refractivity contribution in [2.24, 2.45) is 0 Å². The van der Waals surface area contributed by atoms with Gasteiger partial charge in [0, 0.05) is 19.0 Å². The molecule has 45 heavy (non-hydrogen) atoms. The fourth-order valence-corrected chi connectivity index (χ4v) is 6.54. The predicted octanol–water partition coefficient (Wildman–Crippen LogP) is 6.19. The van der Waals surface area contributed by atoms with Crippen LogP contribution >= 0.6 is 0 Å². The summed E-state index contributed by atoms with van der Waals surface area (Å²) in [5, 5.41) is 3.01. The van der Waals surface area contributed by atoms with Crippen LogP contribution in [0.15, 0.2) is 108 Å². The van der Waals surface area contributed by atoms with Gasteiger partial charge in [-0.2, -0.15) is 0 Å². The van der Waals surface area contributed by atoms with Crippen molar-refractivity contribution in [1.82, 2.24) is 10.2 Å². The third kappa shape index (κ3) is 8.79.